The fourth-order valence-corrected chi connectivity index (χ4v) is 26.8. The number of fused-ring (bicyclic) bond motifs is 1. The second-order valence-corrected chi connectivity index (χ2v) is 31.5. The van der Waals surface area contributed by atoms with Gasteiger partial charge < -0.3 is 13.8 Å². The quantitative estimate of drug-likeness (QED) is 0.466. The summed E-state index contributed by atoms with van der Waals surface area (Å²) in [5, 5.41) is 0. The molecule has 0 amide bonds. The minimum Gasteiger partial charge on any atom is -0.634 e. The second-order valence-electron chi connectivity index (χ2n) is 13.0. The molecule has 1 heterocycles. The summed E-state index contributed by atoms with van der Waals surface area (Å²) in [6.07, 6.45) is 0. The van der Waals surface area contributed by atoms with Gasteiger partial charge in [0.15, 0.2) is 0 Å². The van der Waals surface area contributed by atoms with E-state index in [4.69, 9.17) is 4.65 Å². The Bertz CT molecular complexity index is 648. The Morgan fingerprint density at radius 1 is 0.750 bits per heavy atom. The highest BCUT2D eigenvalue weighted by molar-refractivity contribution is 7.48. The number of nitrogens with zero attached hydrogens (tertiary/aromatic N) is 3. The lowest BCUT2D eigenvalue weighted by molar-refractivity contribution is 0.423. The molecule has 1 aliphatic rings. The van der Waals surface area contributed by atoms with E-state index in [-0.39, 0.29) is 10.8 Å². The molecule has 0 fully saturated rings. The van der Waals surface area contributed by atoms with Crippen molar-refractivity contribution in [3.8, 4) is 0 Å². The van der Waals surface area contributed by atoms with Gasteiger partial charge in [0.1, 0.15) is 8.08 Å². The van der Waals surface area contributed by atoms with Crippen molar-refractivity contribution in [2.24, 2.45) is 10.8 Å². The van der Waals surface area contributed by atoms with Crippen LogP contribution in [0.1, 0.15) is 41.5 Å². The van der Waals surface area contributed by atoms with Crippen LogP contribution in [0, 0.1) is 10.8 Å². The summed E-state index contributed by atoms with van der Waals surface area (Å²) in [6.45, 7) is 31.4. The van der Waals surface area contributed by atoms with E-state index >= 15 is 0 Å². The summed E-state index contributed by atoms with van der Waals surface area (Å²) in [5.74, 6) is 0. The SMILES string of the molecule is CC(C)(C)CN1c2ccccc2N(CC(C)(C)C)[Si]1([N-][Si](C)(C)C)[Si](C)(C)C. The van der Waals surface area contributed by atoms with E-state index in [0.717, 1.165) is 13.1 Å². The first-order valence-corrected chi connectivity index (χ1v) is 20.5. The van der Waals surface area contributed by atoms with Crippen LogP contribution in [0.2, 0.25) is 39.3 Å². The molecule has 28 heavy (non-hydrogen) atoms. The van der Waals surface area contributed by atoms with Gasteiger partial charge in [-0.05, 0) is 23.0 Å². The maximum atomic E-state index is 5.95. The van der Waals surface area contributed by atoms with Gasteiger partial charge in [-0.15, -0.1) is 0 Å². The van der Waals surface area contributed by atoms with E-state index < -0.39 is 23.9 Å². The Morgan fingerprint density at radius 2 is 1.11 bits per heavy atom. The fraction of sp³-hybridized carbons (Fsp3) is 0.727. The third kappa shape index (κ3) is 4.94. The van der Waals surface area contributed by atoms with Gasteiger partial charge in [0.25, 0.3) is 0 Å². The monoisotopic (exact) mass is 434 g/mol. The molecule has 1 aromatic rings. The molecule has 0 bridgehead atoms. The van der Waals surface area contributed by atoms with Gasteiger partial charge >= 0.3 is 0 Å². The number of hydrogen-bond donors (Lipinski definition) is 0. The first-order chi connectivity index (χ1) is 12.4. The zero-order chi connectivity index (χ0) is 21.8. The first kappa shape index (κ1) is 23.7. The molecule has 6 heteroatoms. The van der Waals surface area contributed by atoms with Gasteiger partial charge in [-0.3, -0.25) is 0 Å². The highest BCUT2D eigenvalue weighted by atomic mass is 29.3. The number of hydrogen-bond acceptors (Lipinski definition) is 2. The van der Waals surface area contributed by atoms with Crippen molar-refractivity contribution < 1.29 is 0 Å². The predicted molar refractivity (Wildman–Crippen MR) is 136 cm³/mol. The molecule has 0 spiro atoms. The summed E-state index contributed by atoms with van der Waals surface area (Å²) in [5.41, 5.74) is 3.32. The molecule has 0 saturated carbocycles. The van der Waals surface area contributed by atoms with Crippen LogP contribution in [-0.2, 0) is 0 Å². The van der Waals surface area contributed by atoms with Gasteiger partial charge in [-0.1, -0.05) is 101 Å². The van der Waals surface area contributed by atoms with Gasteiger partial charge in [0.2, 0.25) is 0 Å². The number of anilines is 2. The van der Waals surface area contributed by atoms with Gasteiger partial charge in [-0.25, -0.2) is 0 Å². The number of rotatable bonds is 5. The molecular formula is C22H44N3Si3-. The van der Waals surface area contributed by atoms with Crippen molar-refractivity contribution >= 4 is 35.3 Å². The summed E-state index contributed by atoms with van der Waals surface area (Å²) in [7, 11) is -5.55. The minimum absolute atomic E-state index is 0.234. The summed E-state index contributed by atoms with van der Waals surface area (Å²) in [6, 6.07) is 9.14. The van der Waals surface area contributed by atoms with E-state index in [1.807, 2.05) is 0 Å². The van der Waals surface area contributed by atoms with Crippen LogP contribution in [0.5, 0.6) is 0 Å². The molecule has 0 aliphatic carbocycles. The molecule has 0 saturated heterocycles. The lowest BCUT2D eigenvalue weighted by Gasteiger charge is -2.65. The molecule has 0 N–H and O–H groups in total. The molecule has 0 aromatic heterocycles. The van der Waals surface area contributed by atoms with Crippen LogP contribution >= 0.6 is 0 Å². The Balaban J connectivity index is 2.82. The molecule has 0 unspecified atom stereocenters. The zero-order valence-electron chi connectivity index (χ0n) is 20.6. The molecule has 1 aromatic carbocycles. The van der Waals surface area contributed by atoms with E-state index in [1.54, 1.807) is 0 Å². The highest BCUT2D eigenvalue weighted by Gasteiger charge is 2.54. The summed E-state index contributed by atoms with van der Waals surface area (Å²) >= 11 is 0. The molecule has 0 atom stereocenters. The average Bonchev–Trinajstić information content (AvgIpc) is 2.66. The Labute approximate surface area is 178 Å². The number of benzene rings is 1. The third-order valence-electron chi connectivity index (χ3n) is 4.98. The zero-order valence-corrected chi connectivity index (χ0v) is 23.6. The number of para-hydroxylation sites is 2. The summed E-state index contributed by atoms with van der Waals surface area (Å²) in [4.78, 5) is 0. The van der Waals surface area contributed by atoms with Crippen LogP contribution in [0.25, 0.3) is 4.65 Å². The largest absolute Gasteiger partial charge is 0.634 e. The van der Waals surface area contributed by atoms with Crippen LogP contribution < -0.4 is 9.13 Å². The predicted octanol–water partition coefficient (Wildman–Crippen LogP) is 6.97. The third-order valence-corrected chi connectivity index (χ3v) is 21.9. The van der Waals surface area contributed by atoms with E-state index in [1.165, 1.54) is 11.4 Å². The lowest BCUT2D eigenvalue weighted by Crippen LogP contribution is -2.78. The van der Waals surface area contributed by atoms with Gasteiger partial charge in [-0.2, -0.15) is 0 Å². The van der Waals surface area contributed by atoms with E-state index in [9.17, 15) is 0 Å². The van der Waals surface area contributed by atoms with Crippen molar-refractivity contribution in [3.63, 3.8) is 0 Å². The van der Waals surface area contributed by atoms with Crippen molar-refractivity contribution in [3.05, 3.63) is 28.9 Å². The molecule has 0 radical (unpaired) electrons. The van der Waals surface area contributed by atoms with Crippen LogP contribution in [0.3, 0.4) is 0 Å². The van der Waals surface area contributed by atoms with Crippen LogP contribution in [0.15, 0.2) is 24.3 Å². The fourth-order valence-electron chi connectivity index (χ4n) is 4.31. The average molecular weight is 435 g/mol. The molecule has 1 aliphatic heterocycles. The van der Waals surface area contributed by atoms with Crippen LogP contribution in [-0.4, -0.2) is 37.0 Å². The van der Waals surface area contributed by atoms with Crippen molar-refractivity contribution in [2.75, 3.05) is 22.2 Å². The van der Waals surface area contributed by atoms with E-state index in [2.05, 4.69) is 114 Å². The van der Waals surface area contributed by atoms with Crippen molar-refractivity contribution in [1.29, 1.82) is 0 Å². The maximum Gasteiger partial charge on any atom is 0.137 e. The van der Waals surface area contributed by atoms with Crippen LogP contribution in [0.4, 0.5) is 11.4 Å². The molecule has 3 nitrogen and oxygen atoms in total. The maximum absolute atomic E-state index is 5.95. The van der Waals surface area contributed by atoms with Gasteiger partial charge in [0, 0.05) is 13.1 Å². The molecule has 160 valence electrons. The molecule has 2 rings (SSSR count). The molecular weight excluding hydrogens is 391 g/mol. The second kappa shape index (κ2) is 7.29. The standard InChI is InChI=1S/C22H44N3Si3/c1-21(2,3)17-24-19-15-13-14-16-20(19)25(18-22(4,5)6)28(24,27(10,11)12)23-26(7,8)9/h13-16H,17-18H2,1-12H3/q-1. The normalized spacial score (nSPS) is 17.9. The Hall–Kier alpha value is -0.569. The van der Waals surface area contributed by atoms with Crippen molar-refractivity contribution in [2.45, 2.75) is 80.8 Å². The smallest absolute Gasteiger partial charge is 0.137 e. The Morgan fingerprint density at radius 3 is 1.36 bits per heavy atom. The van der Waals surface area contributed by atoms with E-state index in [0.29, 0.717) is 0 Å². The first-order valence-electron chi connectivity index (χ1n) is 10.8. The van der Waals surface area contributed by atoms with Crippen molar-refractivity contribution in [1.82, 2.24) is 0 Å². The minimum atomic E-state index is -2.26. The highest BCUT2D eigenvalue weighted by Crippen LogP contribution is 2.51. The van der Waals surface area contributed by atoms with Gasteiger partial charge in [0.05, 0.1) is 19.0 Å². The summed E-state index contributed by atoms with van der Waals surface area (Å²) < 4.78 is 11.6. The topological polar surface area (TPSA) is 20.6 Å². The lowest BCUT2D eigenvalue weighted by atomic mass is 9.96. The Kier molecular flexibility index (Phi) is 6.17.